The number of hydrogen-bond donors (Lipinski definition) is 1. The van der Waals surface area contributed by atoms with Crippen molar-refractivity contribution in [3.05, 3.63) is 77.2 Å². The van der Waals surface area contributed by atoms with Crippen molar-refractivity contribution in [2.45, 2.75) is 63.9 Å². The van der Waals surface area contributed by atoms with Gasteiger partial charge in [0.25, 0.3) is 0 Å². The number of benzene rings is 2. The Bertz CT molecular complexity index is 921. The highest BCUT2D eigenvalue weighted by Crippen LogP contribution is 2.43. The van der Waals surface area contributed by atoms with Crippen LogP contribution in [0, 0.1) is 0 Å². The van der Waals surface area contributed by atoms with Crippen LogP contribution in [0.5, 0.6) is 0 Å². The fourth-order valence-corrected chi connectivity index (χ4v) is 4.79. The molecule has 4 heteroatoms. The van der Waals surface area contributed by atoms with Gasteiger partial charge >= 0.3 is 5.97 Å². The summed E-state index contributed by atoms with van der Waals surface area (Å²) >= 11 is 0. The molecule has 0 radical (unpaired) electrons. The zero-order chi connectivity index (χ0) is 21.0. The number of carbonyl (C=O) groups is 1. The summed E-state index contributed by atoms with van der Waals surface area (Å²) < 4.78 is 6.19. The average molecular weight is 406 g/mol. The van der Waals surface area contributed by atoms with Crippen LogP contribution in [0.25, 0.3) is 0 Å². The van der Waals surface area contributed by atoms with Crippen molar-refractivity contribution in [3.63, 3.8) is 0 Å². The molecule has 0 saturated heterocycles. The van der Waals surface area contributed by atoms with Crippen LogP contribution < -0.4 is 4.90 Å². The largest absolute Gasteiger partial charge is 0.510 e. The summed E-state index contributed by atoms with van der Waals surface area (Å²) in [6.07, 6.45) is 7.35. The number of anilines is 1. The predicted molar refractivity (Wildman–Crippen MR) is 119 cm³/mol. The first-order valence-electron chi connectivity index (χ1n) is 11.2. The summed E-state index contributed by atoms with van der Waals surface area (Å²) in [4.78, 5) is 15.3. The Balaban J connectivity index is 1.68. The molecule has 0 aliphatic carbocycles. The van der Waals surface area contributed by atoms with Crippen molar-refractivity contribution in [3.8, 4) is 0 Å². The van der Waals surface area contributed by atoms with E-state index in [1.54, 1.807) is 0 Å². The number of aliphatic hydroxyl groups is 1. The molecule has 0 spiro atoms. The molecule has 0 aromatic heterocycles. The lowest BCUT2D eigenvalue weighted by Crippen LogP contribution is -2.43. The fraction of sp³-hybridized carbons (Fsp3) is 0.423. The summed E-state index contributed by atoms with van der Waals surface area (Å²) in [5.41, 5.74) is 2.67. The molecule has 1 unspecified atom stereocenters. The van der Waals surface area contributed by atoms with Crippen LogP contribution in [0.15, 0.2) is 66.1 Å². The minimum absolute atomic E-state index is 0.141. The topological polar surface area (TPSA) is 49.8 Å². The molecular formula is C26H31NO3. The van der Waals surface area contributed by atoms with E-state index in [0.717, 1.165) is 56.2 Å². The summed E-state index contributed by atoms with van der Waals surface area (Å²) in [6.45, 7) is 2.89. The maximum absolute atomic E-state index is 13.3. The predicted octanol–water partition coefficient (Wildman–Crippen LogP) is 6.02. The van der Waals surface area contributed by atoms with Gasteiger partial charge in [-0.05, 0) is 42.9 Å². The van der Waals surface area contributed by atoms with Crippen LogP contribution in [0.3, 0.4) is 0 Å². The molecule has 2 aliphatic rings. The molecule has 1 N–H and O–H groups in total. The van der Waals surface area contributed by atoms with Crippen LogP contribution in [-0.4, -0.2) is 17.6 Å². The van der Waals surface area contributed by atoms with Gasteiger partial charge in [-0.2, -0.15) is 0 Å². The van der Waals surface area contributed by atoms with E-state index in [-0.39, 0.29) is 5.76 Å². The highest BCUT2D eigenvalue weighted by atomic mass is 16.6. The third-order valence-corrected chi connectivity index (χ3v) is 6.32. The number of para-hydroxylation sites is 1. The molecule has 0 fully saturated rings. The first kappa shape index (κ1) is 20.5. The normalized spacial score (nSPS) is 21.4. The third-order valence-electron chi connectivity index (χ3n) is 6.32. The molecule has 0 bridgehead atoms. The first-order chi connectivity index (χ1) is 14.6. The van der Waals surface area contributed by atoms with Crippen molar-refractivity contribution in [2.24, 2.45) is 0 Å². The number of esters is 1. The highest BCUT2D eigenvalue weighted by Gasteiger charge is 2.45. The maximum Gasteiger partial charge on any atom is 0.359 e. The zero-order valence-electron chi connectivity index (χ0n) is 17.8. The number of ether oxygens (including phenoxy) is 1. The molecule has 2 heterocycles. The van der Waals surface area contributed by atoms with Gasteiger partial charge in [0.05, 0.1) is 6.42 Å². The number of cyclic esters (lactones) is 1. The van der Waals surface area contributed by atoms with Gasteiger partial charge in [-0.3, -0.25) is 0 Å². The van der Waals surface area contributed by atoms with Crippen molar-refractivity contribution >= 4 is 11.7 Å². The van der Waals surface area contributed by atoms with E-state index in [1.165, 1.54) is 5.56 Å². The Hall–Kier alpha value is -2.75. The van der Waals surface area contributed by atoms with Crippen molar-refractivity contribution in [2.75, 3.05) is 11.4 Å². The number of carbonyl (C=O) groups excluding carboxylic acids is 1. The smallest absolute Gasteiger partial charge is 0.359 e. The number of aliphatic hydroxyl groups excluding tert-OH is 1. The Morgan fingerprint density at radius 3 is 2.57 bits per heavy atom. The monoisotopic (exact) mass is 405 g/mol. The molecule has 0 amide bonds. The van der Waals surface area contributed by atoms with Crippen LogP contribution in [-0.2, 0) is 21.6 Å². The standard InChI is InChI=1S/C26H31NO3/c1-2-3-4-10-17-26(21-14-6-5-7-15-21)19-23(28)24(25(29)30-26)27-18-11-13-20-12-8-9-16-22(20)27/h5-9,12,14-16,28H,2-4,10-11,13,17-19H2,1H3. The molecule has 2 aromatic rings. The molecule has 4 nitrogen and oxygen atoms in total. The van der Waals surface area contributed by atoms with E-state index in [0.29, 0.717) is 18.7 Å². The molecule has 2 aliphatic heterocycles. The van der Waals surface area contributed by atoms with Crippen molar-refractivity contribution < 1.29 is 14.6 Å². The summed E-state index contributed by atoms with van der Waals surface area (Å²) in [6, 6.07) is 18.0. The van der Waals surface area contributed by atoms with E-state index >= 15 is 0 Å². The van der Waals surface area contributed by atoms with E-state index in [2.05, 4.69) is 13.0 Å². The highest BCUT2D eigenvalue weighted by molar-refractivity contribution is 5.95. The zero-order valence-corrected chi connectivity index (χ0v) is 17.8. The minimum Gasteiger partial charge on any atom is -0.510 e. The molecule has 0 saturated carbocycles. The van der Waals surface area contributed by atoms with Gasteiger partial charge in [-0.1, -0.05) is 74.7 Å². The van der Waals surface area contributed by atoms with Gasteiger partial charge in [0.2, 0.25) is 0 Å². The van der Waals surface area contributed by atoms with E-state index in [1.807, 2.05) is 53.4 Å². The second kappa shape index (κ2) is 8.95. The molecule has 30 heavy (non-hydrogen) atoms. The van der Waals surface area contributed by atoms with Gasteiger partial charge in [0.15, 0.2) is 5.70 Å². The van der Waals surface area contributed by atoms with Gasteiger partial charge in [0, 0.05) is 12.2 Å². The van der Waals surface area contributed by atoms with Crippen molar-refractivity contribution in [1.82, 2.24) is 0 Å². The first-order valence-corrected chi connectivity index (χ1v) is 11.2. The fourth-order valence-electron chi connectivity index (χ4n) is 4.79. The molecular weight excluding hydrogens is 374 g/mol. The van der Waals surface area contributed by atoms with Gasteiger partial charge < -0.3 is 14.7 Å². The summed E-state index contributed by atoms with van der Waals surface area (Å²) in [7, 11) is 0. The van der Waals surface area contributed by atoms with E-state index < -0.39 is 11.6 Å². The third kappa shape index (κ3) is 3.96. The minimum atomic E-state index is -0.797. The Morgan fingerprint density at radius 1 is 1.03 bits per heavy atom. The maximum atomic E-state index is 13.3. The Labute approximate surface area is 179 Å². The molecule has 158 valence electrons. The number of fused-ring (bicyclic) bond motifs is 1. The number of hydrogen-bond acceptors (Lipinski definition) is 4. The van der Waals surface area contributed by atoms with Gasteiger partial charge in [0.1, 0.15) is 11.4 Å². The Morgan fingerprint density at radius 2 is 1.80 bits per heavy atom. The summed E-state index contributed by atoms with van der Waals surface area (Å²) in [5.74, 6) is -0.280. The van der Waals surface area contributed by atoms with Crippen LogP contribution >= 0.6 is 0 Å². The lowest BCUT2D eigenvalue weighted by molar-refractivity contribution is -0.161. The number of nitrogens with zero attached hydrogens (tertiary/aromatic N) is 1. The molecule has 1 atom stereocenters. The second-order valence-electron chi connectivity index (χ2n) is 8.42. The second-order valence-corrected chi connectivity index (χ2v) is 8.42. The number of unbranched alkanes of at least 4 members (excludes halogenated alkanes) is 3. The number of aryl methyl sites for hydroxylation is 1. The van der Waals surface area contributed by atoms with Crippen molar-refractivity contribution in [1.29, 1.82) is 0 Å². The lowest BCUT2D eigenvalue weighted by Gasteiger charge is -2.41. The van der Waals surface area contributed by atoms with E-state index in [4.69, 9.17) is 4.74 Å². The molecule has 4 rings (SSSR count). The van der Waals surface area contributed by atoms with Gasteiger partial charge in [-0.15, -0.1) is 0 Å². The molecule has 2 aromatic carbocycles. The Kier molecular flexibility index (Phi) is 6.12. The number of rotatable bonds is 7. The lowest BCUT2D eigenvalue weighted by atomic mass is 9.82. The summed E-state index contributed by atoms with van der Waals surface area (Å²) in [5, 5.41) is 11.2. The SMILES string of the molecule is CCCCCCC1(c2ccccc2)CC(O)=C(N2CCCc3ccccc32)C(=O)O1. The van der Waals surface area contributed by atoms with Gasteiger partial charge in [-0.25, -0.2) is 4.79 Å². The van der Waals surface area contributed by atoms with E-state index in [9.17, 15) is 9.90 Å². The van der Waals surface area contributed by atoms with Crippen LogP contribution in [0.2, 0.25) is 0 Å². The van der Waals surface area contributed by atoms with Crippen LogP contribution in [0.1, 0.15) is 63.0 Å². The van der Waals surface area contributed by atoms with Crippen LogP contribution in [0.4, 0.5) is 5.69 Å². The average Bonchev–Trinajstić information content (AvgIpc) is 2.77. The quantitative estimate of drug-likeness (QED) is 0.452.